The molecule has 5 nitrogen and oxygen atoms in total. The maximum atomic E-state index is 11.8. The number of anilines is 1. The Kier molecular flexibility index (Phi) is 4.47. The van der Waals surface area contributed by atoms with Crippen LogP contribution in [0.2, 0.25) is 0 Å². The van der Waals surface area contributed by atoms with E-state index in [1.54, 1.807) is 12.1 Å². The van der Waals surface area contributed by atoms with E-state index in [0.717, 1.165) is 6.42 Å². The maximum absolute atomic E-state index is 11.8. The van der Waals surface area contributed by atoms with Crippen molar-refractivity contribution in [3.8, 4) is 0 Å². The van der Waals surface area contributed by atoms with Gasteiger partial charge in [0, 0.05) is 26.3 Å². The van der Waals surface area contributed by atoms with Gasteiger partial charge in [-0.1, -0.05) is 6.92 Å². The third-order valence-corrected chi connectivity index (χ3v) is 4.32. The highest BCUT2D eigenvalue weighted by atomic mass is 32.2. The van der Waals surface area contributed by atoms with Crippen molar-refractivity contribution in [3.05, 3.63) is 18.3 Å². The first-order valence-electron chi connectivity index (χ1n) is 5.53. The average Bonchev–Trinajstić information content (AvgIpc) is 2.29. The fraction of sp³-hybridized carbons (Fsp3) is 0.545. The molecule has 0 amide bonds. The molecule has 1 unspecified atom stereocenters. The summed E-state index contributed by atoms with van der Waals surface area (Å²) >= 11 is 0. The summed E-state index contributed by atoms with van der Waals surface area (Å²) in [6.07, 6.45) is 2.36. The lowest BCUT2D eigenvalue weighted by Gasteiger charge is -2.14. The monoisotopic (exact) mass is 257 g/mol. The minimum atomic E-state index is -3.38. The van der Waals surface area contributed by atoms with Crippen molar-refractivity contribution in [1.82, 2.24) is 9.29 Å². The number of hydrogen-bond donors (Lipinski definition) is 1. The number of nitrogens with zero attached hydrogens (tertiary/aromatic N) is 2. The molecule has 1 atom stereocenters. The van der Waals surface area contributed by atoms with Gasteiger partial charge in [0.1, 0.15) is 10.7 Å². The highest BCUT2D eigenvalue weighted by Gasteiger charge is 2.17. The van der Waals surface area contributed by atoms with Gasteiger partial charge < -0.3 is 5.32 Å². The molecule has 1 aromatic heterocycles. The summed E-state index contributed by atoms with van der Waals surface area (Å²) in [7, 11) is -0.383. The smallest absolute Gasteiger partial charge is 0.244 e. The molecule has 1 rings (SSSR count). The molecule has 6 heteroatoms. The van der Waals surface area contributed by atoms with Crippen LogP contribution in [-0.4, -0.2) is 37.8 Å². The van der Waals surface area contributed by atoms with Crippen molar-refractivity contribution in [2.75, 3.05) is 19.4 Å². The summed E-state index contributed by atoms with van der Waals surface area (Å²) in [5.74, 6) is 0.692. The van der Waals surface area contributed by atoms with Crippen LogP contribution in [0.5, 0.6) is 0 Å². The number of nitrogens with one attached hydrogen (secondary N) is 1. The van der Waals surface area contributed by atoms with Gasteiger partial charge in [-0.2, -0.15) is 0 Å². The Hall–Kier alpha value is -1.14. The summed E-state index contributed by atoms with van der Waals surface area (Å²) in [5, 5.41) is 3.18. The van der Waals surface area contributed by atoms with Crippen molar-refractivity contribution in [2.24, 2.45) is 0 Å². The van der Waals surface area contributed by atoms with Gasteiger partial charge in [-0.15, -0.1) is 0 Å². The first-order chi connectivity index (χ1) is 7.87. The molecule has 1 N–H and O–H groups in total. The molecule has 0 aliphatic rings. The lowest BCUT2D eigenvalue weighted by Crippen LogP contribution is -2.22. The van der Waals surface area contributed by atoms with E-state index in [2.05, 4.69) is 17.2 Å². The van der Waals surface area contributed by atoms with Crippen molar-refractivity contribution < 1.29 is 8.42 Å². The van der Waals surface area contributed by atoms with Crippen molar-refractivity contribution in [1.29, 1.82) is 0 Å². The number of sulfonamides is 1. The van der Waals surface area contributed by atoms with Crippen LogP contribution in [0.25, 0.3) is 0 Å². The quantitative estimate of drug-likeness (QED) is 0.869. The second kappa shape index (κ2) is 5.46. The van der Waals surface area contributed by atoms with E-state index in [0.29, 0.717) is 11.9 Å². The van der Waals surface area contributed by atoms with Gasteiger partial charge in [-0.05, 0) is 25.5 Å². The minimum Gasteiger partial charge on any atom is -0.368 e. The third-order valence-electron chi connectivity index (χ3n) is 2.52. The molecule has 0 aromatic carbocycles. The van der Waals surface area contributed by atoms with E-state index in [4.69, 9.17) is 0 Å². The Balaban J connectivity index is 2.89. The predicted molar refractivity (Wildman–Crippen MR) is 68.5 cm³/mol. The zero-order valence-corrected chi connectivity index (χ0v) is 11.5. The van der Waals surface area contributed by atoms with Crippen LogP contribution in [0, 0.1) is 0 Å². The van der Waals surface area contributed by atoms with Gasteiger partial charge in [0.15, 0.2) is 0 Å². The molecule has 0 aliphatic carbocycles. The molecule has 1 heterocycles. The molecule has 0 bridgehead atoms. The highest BCUT2D eigenvalue weighted by molar-refractivity contribution is 7.89. The van der Waals surface area contributed by atoms with Crippen molar-refractivity contribution in [3.63, 3.8) is 0 Å². The summed E-state index contributed by atoms with van der Waals surface area (Å²) < 4.78 is 24.7. The van der Waals surface area contributed by atoms with E-state index in [9.17, 15) is 8.42 Å². The van der Waals surface area contributed by atoms with Gasteiger partial charge >= 0.3 is 0 Å². The van der Waals surface area contributed by atoms with Crippen molar-refractivity contribution in [2.45, 2.75) is 31.2 Å². The molecule has 0 spiro atoms. The van der Waals surface area contributed by atoms with Gasteiger partial charge in [0.2, 0.25) is 10.0 Å². The van der Waals surface area contributed by atoms with E-state index < -0.39 is 10.0 Å². The van der Waals surface area contributed by atoms with Crippen molar-refractivity contribution >= 4 is 15.8 Å². The molecule has 0 fully saturated rings. The lowest BCUT2D eigenvalue weighted by atomic mass is 10.2. The Morgan fingerprint density at radius 3 is 2.47 bits per heavy atom. The number of pyridine rings is 1. The second-order valence-corrected chi connectivity index (χ2v) is 6.27. The molecule has 0 aliphatic heterocycles. The summed E-state index contributed by atoms with van der Waals surface area (Å²) in [6, 6.07) is 3.56. The molecular weight excluding hydrogens is 238 g/mol. The van der Waals surface area contributed by atoms with E-state index in [1.807, 2.05) is 6.92 Å². The zero-order chi connectivity index (χ0) is 13.1. The van der Waals surface area contributed by atoms with Crippen LogP contribution < -0.4 is 5.32 Å². The van der Waals surface area contributed by atoms with Crippen LogP contribution >= 0.6 is 0 Å². The van der Waals surface area contributed by atoms with Gasteiger partial charge in [-0.3, -0.25) is 0 Å². The van der Waals surface area contributed by atoms with Gasteiger partial charge in [-0.25, -0.2) is 17.7 Å². The second-order valence-electron chi connectivity index (χ2n) is 4.12. The van der Waals surface area contributed by atoms with Gasteiger partial charge in [0.25, 0.3) is 0 Å². The Labute approximate surface area is 103 Å². The maximum Gasteiger partial charge on any atom is 0.244 e. The lowest BCUT2D eigenvalue weighted by molar-refractivity contribution is 0.520. The normalized spacial score (nSPS) is 13.7. The Morgan fingerprint density at radius 1 is 1.41 bits per heavy atom. The summed E-state index contributed by atoms with van der Waals surface area (Å²) in [6.45, 7) is 4.12. The third kappa shape index (κ3) is 3.41. The first-order valence-corrected chi connectivity index (χ1v) is 6.97. The molecular formula is C11H19N3O2S. The fourth-order valence-electron chi connectivity index (χ4n) is 1.18. The highest BCUT2D eigenvalue weighted by Crippen LogP contribution is 2.14. The van der Waals surface area contributed by atoms with Gasteiger partial charge in [0.05, 0.1) is 0 Å². The first kappa shape index (κ1) is 13.9. The topological polar surface area (TPSA) is 62.3 Å². The number of hydrogen-bond acceptors (Lipinski definition) is 4. The van der Waals surface area contributed by atoms with E-state index in [-0.39, 0.29) is 4.90 Å². The fourth-order valence-corrected chi connectivity index (χ4v) is 2.03. The summed E-state index contributed by atoms with van der Waals surface area (Å²) in [5.41, 5.74) is 0. The Bertz CT molecular complexity index is 454. The number of rotatable bonds is 5. The number of aromatic nitrogens is 1. The van der Waals surface area contributed by atoms with Crippen LogP contribution in [-0.2, 0) is 10.0 Å². The Morgan fingerprint density at radius 2 is 2.06 bits per heavy atom. The van der Waals surface area contributed by atoms with Crippen LogP contribution in [0.1, 0.15) is 20.3 Å². The largest absolute Gasteiger partial charge is 0.368 e. The standard InChI is InChI=1S/C11H19N3O2S/c1-5-9(2)13-11-7-6-10(8-12-11)17(15,16)14(3)4/h6-9H,5H2,1-4H3,(H,12,13). The molecule has 96 valence electrons. The molecule has 0 saturated heterocycles. The zero-order valence-electron chi connectivity index (χ0n) is 10.6. The van der Waals surface area contributed by atoms with Crippen LogP contribution in [0.15, 0.2) is 23.2 Å². The molecule has 0 radical (unpaired) electrons. The minimum absolute atomic E-state index is 0.206. The SMILES string of the molecule is CCC(C)Nc1ccc(S(=O)(=O)N(C)C)cn1. The predicted octanol–water partition coefficient (Wildman–Crippen LogP) is 1.54. The molecule has 17 heavy (non-hydrogen) atoms. The van der Waals surface area contributed by atoms with E-state index in [1.165, 1.54) is 24.6 Å². The molecule has 0 saturated carbocycles. The average molecular weight is 257 g/mol. The molecule has 1 aromatic rings. The van der Waals surface area contributed by atoms with Crippen LogP contribution in [0.4, 0.5) is 5.82 Å². The summed E-state index contributed by atoms with van der Waals surface area (Å²) in [4.78, 5) is 4.30. The van der Waals surface area contributed by atoms with Crippen LogP contribution in [0.3, 0.4) is 0 Å². The van der Waals surface area contributed by atoms with E-state index >= 15 is 0 Å².